The van der Waals surface area contributed by atoms with Crippen molar-refractivity contribution in [1.82, 2.24) is 10.2 Å². The van der Waals surface area contributed by atoms with Crippen molar-refractivity contribution in [2.45, 2.75) is 39.0 Å². The van der Waals surface area contributed by atoms with Crippen molar-refractivity contribution in [3.05, 3.63) is 28.8 Å². The summed E-state index contributed by atoms with van der Waals surface area (Å²) in [6, 6.07) is 5.20. The van der Waals surface area contributed by atoms with Crippen LogP contribution in [0, 0.1) is 0 Å². The quantitative estimate of drug-likeness (QED) is 0.821. The Balaban J connectivity index is 2.24. The first-order valence-electron chi connectivity index (χ1n) is 7.79. The van der Waals surface area contributed by atoms with Crippen LogP contribution in [-0.2, 0) is 5.41 Å². The summed E-state index contributed by atoms with van der Waals surface area (Å²) in [6.07, 6.45) is 2.07. The molecule has 1 heterocycles. The molecule has 0 saturated carbocycles. The molecule has 7 heteroatoms. The molecular formula is C17H23N3O3S. The van der Waals surface area contributed by atoms with Gasteiger partial charge in [0.25, 0.3) is 5.91 Å². The molecule has 0 unspecified atom stereocenters. The number of carbonyl (C=O) groups is 1. The second-order valence-corrected chi connectivity index (χ2v) is 7.02. The third-order valence-electron chi connectivity index (χ3n) is 3.75. The van der Waals surface area contributed by atoms with Gasteiger partial charge in [0, 0.05) is 5.41 Å². The van der Waals surface area contributed by atoms with E-state index in [0.717, 1.165) is 17.8 Å². The van der Waals surface area contributed by atoms with Crippen molar-refractivity contribution in [2.24, 2.45) is 0 Å². The fraction of sp³-hybridized carbons (Fsp3) is 0.471. The van der Waals surface area contributed by atoms with Crippen LogP contribution in [0.3, 0.4) is 0 Å². The molecule has 24 heavy (non-hydrogen) atoms. The number of benzene rings is 1. The molecule has 0 atom stereocenters. The van der Waals surface area contributed by atoms with E-state index in [9.17, 15) is 4.79 Å². The Bertz CT molecular complexity index is 691. The Morgan fingerprint density at radius 3 is 2.38 bits per heavy atom. The molecule has 0 fully saturated rings. The van der Waals surface area contributed by atoms with Gasteiger partial charge < -0.3 is 9.47 Å². The lowest BCUT2D eigenvalue weighted by Gasteiger charge is -2.19. The maximum atomic E-state index is 12.6. The number of anilines is 1. The van der Waals surface area contributed by atoms with Gasteiger partial charge in [-0.3, -0.25) is 10.1 Å². The zero-order valence-electron chi connectivity index (χ0n) is 14.7. The Hall–Kier alpha value is -2.15. The lowest BCUT2D eigenvalue weighted by molar-refractivity contribution is 0.102. The highest BCUT2D eigenvalue weighted by Gasteiger charge is 2.25. The van der Waals surface area contributed by atoms with E-state index in [4.69, 9.17) is 9.47 Å². The highest BCUT2D eigenvalue weighted by Crippen LogP contribution is 2.33. The smallest absolute Gasteiger partial charge is 0.265 e. The normalized spacial score (nSPS) is 11.2. The average Bonchev–Trinajstić information content (AvgIpc) is 3.03. The lowest BCUT2D eigenvalue weighted by atomic mass is 9.89. The number of rotatable bonds is 7. The number of amides is 1. The molecular weight excluding hydrogens is 326 g/mol. The monoisotopic (exact) mass is 349 g/mol. The van der Waals surface area contributed by atoms with Crippen LogP contribution in [0.1, 0.15) is 49.0 Å². The largest absolute Gasteiger partial charge is 0.496 e. The molecule has 0 spiro atoms. The average molecular weight is 349 g/mol. The summed E-state index contributed by atoms with van der Waals surface area (Å²) in [4.78, 5) is 12.6. The van der Waals surface area contributed by atoms with Crippen LogP contribution < -0.4 is 14.8 Å². The van der Waals surface area contributed by atoms with E-state index in [2.05, 4.69) is 36.3 Å². The first kappa shape index (κ1) is 18.2. The maximum Gasteiger partial charge on any atom is 0.265 e. The minimum atomic E-state index is -0.333. The predicted octanol–water partition coefficient (Wildman–Crippen LogP) is 3.89. The minimum absolute atomic E-state index is 0.0580. The zero-order chi connectivity index (χ0) is 17.7. The number of hydrogen-bond acceptors (Lipinski definition) is 6. The molecule has 1 N–H and O–H groups in total. The summed E-state index contributed by atoms with van der Waals surface area (Å²) in [5, 5.41) is 12.5. The molecule has 0 bridgehead atoms. The van der Waals surface area contributed by atoms with Gasteiger partial charge in [0.05, 0.1) is 14.2 Å². The van der Waals surface area contributed by atoms with Gasteiger partial charge in [0.2, 0.25) is 5.13 Å². The van der Waals surface area contributed by atoms with Crippen molar-refractivity contribution in [3.8, 4) is 11.5 Å². The molecule has 2 rings (SSSR count). The second kappa shape index (κ2) is 7.61. The summed E-state index contributed by atoms with van der Waals surface area (Å²) >= 11 is 1.39. The SMILES string of the molecule is CCCC(C)(C)c1nnc(NC(=O)c2c(OC)cccc2OC)s1. The summed E-state index contributed by atoms with van der Waals surface area (Å²) in [5.74, 6) is 0.561. The van der Waals surface area contributed by atoms with E-state index in [-0.39, 0.29) is 11.3 Å². The van der Waals surface area contributed by atoms with Gasteiger partial charge in [-0.2, -0.15) is 0 Å². The number of nitrogens with one attached hydrogen (secondary N) is 1. The van der Waals surface area contributed by atoms with E-state index in [1.54, 1.807) is 18.2 Å². The lowest BCUT2D eigenvalue weighted by Crippen LogP contribution is -2.16. The Kier molecular flexibility index (Phi) is 5.77. The molecule has 2 aromatic rings. The van der Waals surface area contributed by atoms with Crippen molar-refractivity contribution >= 4 is 22.4 Å². The van der Waals surface area contributed by atoms with Crippen molar-refractivity contribution in [3.63, 3.8) is 0 Å². The Morgan fingerprint density at radius 2 is 1.83 bits per heavy atom. The Morgan fingerprint density at radius 1 is 1.21 bits per heavy atom. The molecule has 1 aromatic carbocycles. The topological polar surface area (TPSA) is 73.3 Å². The number of ether oxygens (including phenoxy) is 2. The van der Waals surface area contributed by atoms with E-state index in [1.165, 1.54) is 25.6 Å². The van der Waals surface area contributed by atoms with Crippen LogP contribution in [0.5, 0.6) is 11.5 Å². The summed E-state index contributed by atoms with van der Waals surface area (Å²) in [7, 11) is 3.03. The van der Waals surface area contributed by atoms with Gasteiger partial charge in [-0.1, -0.05) is 44.6 Å². The highest BCUT2D eigenvalue weighted by molar-refractivity contribution is 7.15. The summed E-state index contributed by atoms with van der Waals surface area (Å²) < 4.78 is 10.5. The van der Waals surface area contributed by atoms with Crippen molar-refractivity contribution < 1.29 is 14.3 Å². The van der Waals surface area contributed by atoms with Gasteiger partial charge in [-0.15, -0.1) is 10.2 Å². The second-order valence-electron chi connectivity index (χ2n) is 6.04. The number of carbonyl (C=O) groups excluding carboxylic acids is 1. The number of methoxy groups -OCH3 is 2. The molecule has 1 amide bonds. The zero-order valence-corrected chi connectivity index (χ0v) is 15.5. The van der Waals surface area contributed by atoms with E-state index in [1.807, 2.05) is 0 Å². The van der Waals surface area contributed by atoms with Gasteiger partial charge in [-0.25, -0.2) is 0 Å². The Labute approximate surface area is 146 Å². The van der Waals surface area contributed by atoms with Gasteiger partial charge in [0.15, 0.2) is 0 Å². The van der Waals surface area contributed by atoms with Gasteiger partial charge in [0.1, 0.15) is 22.1 Å². The fourth-order valence-electron chi connectivity index (χ4n) is 2.51. The molecule has 6 nitrogen and oxygen atoms in total. The number of hydrogen-bond donors (Lipinski definition) is 1. The fourth-order valence-corrected chi connectivity index (χ4v) is 3.38. The molecule has 1 aromatic heterocycles. The molecule has 0 radical (unpaired) electrons. The standard InChI is InChI=1S/C17H23N3O3S/c1-6-10-17(2,3)15-19-20-16(24-15)18-14(21)13-11(22-4)8-7-9-12(13)23-5/h7-9H,6,10H2,1-5H3,(H,18,20,21). The minimum Gasteiger partial charge on any atom is -0.496 e. The molecule has 130 valence electrons. The van der Waals surface area contributed by atoms with Gasteiger partial charge in [-0.05, 0) is 18.6 Å². The summed E-state index contributed by atoms with van der Waals surface area (Å²) in [6.45, 7) is 6.40. The molecule has 0 saturated heterocycles. The first-order chi connectivity index (χ1) is 11.4. The van der Waals surface area contributed by atoms with Crippen molar-refractivity contribution in [2.75, 3.05) is 19.5 Å². The van der Waals surface area contributed by atoms with E-state index >= 15 is 0 Å². The van der Waals surface area contributed by atoms with Crippen LogP contribution in [0.2, 0.25) is 0 Å². The van der Waals surface area contributed by atoms with Crippen LogP contribution in [-0.4, -0.2) is 30.3 Å². The third kappa shape index (κ3) is 3.84. The first-order valence-corrected chi connectivity index (χ1v) is 8.61. The van der Waals surface area contributed by atoms with Gasteiger partial charge >= 0.3 is 0 Å². The van der Waals surface area contributed by atoms with Crippen LogP contribution in [0.4, 0.5) is 5.13 Å². The van der Waals surface area contributed by atoms with E-state index in [0.29, 0.717) is 22.2 Å². The predicted molar refractivity (Wildman–Crippen MR) is 95.3 cm³/mol. The molecule has 0 aliphatic heterocycles. The third-order valence-corrected chi connectivity index (χ3v) is 4.96. The van der Waals surface area contributed by atoms with Crippen LogP contribution in [0.25, 0.3) is 0 Å². The molecule has 0 aliphatic carbocycles. The van der Waals surface area contributed by atoms with Crippen LogP contribution >= 0.6 is 11.3 Å². The molecule has 0 aliphatic rings. The van der Waals surface area contributed by atoms with E-state index < -0.39 is 0 Å². The summed E-state index contributed by atoms with van der Waals surface area (Å²) in [5.41, 5.74) is 0.282. The van der Waals surface area contributed by atoms with Crippen molar-refractivity contribution in [1.29, 1.82) is 0 Å². The number of nitrogens with zero attached hydrogens (tertiary/aromatic N) is 2. The van der Waals surface area contributed by atoms with Crippen LogP contribution in [0.15, 0.2) is 18.2 Å². The number of aromatic nitrogens is 2. The highest BCUT2D eigenvalue weighted by atomic mass is 32.1. The maximum absolute atomic E-state index is 12.6.